The van der Waals surface area contributed by atoms with E-state index in [0.717, 1.165) is 23.6 Å². The first-order valence-corrected chi connectivity index (χ1v) is 7.87. The fourth-order valence-corrected chi connectivity index (χ4v) is 4.15. The van der Waals surface area contributed by atoms with E-state index < -0.39 is 0 Å². The number of hydrogen-bond donors (Lipinski definition) is 1. The zero-order chi connectivity index (χ0) is 11.4. The molecule has 0 aromatic rings. The molecule has 0 radical (unpaired) electrons. The summed E-state index contributed by atoms with van der Waals surface area (Å²) in [4.78, 5) is 2.69. The lowest BCUT2D eigenvalue weighted by atomic mass is 9.82. The fourth-order valence-electron chi connectivity index (χ4n) is 3.07. The molecule has 0 amide bonds. The average molecular weight is 242 g/mol. The first kappa shape index (κ1) is 12.7. The van der Waals surface area contributed by atoms with Crippen LogP contribution in [0.5, 0.6) is 0 Å². The van der Waals surface area contributed by atoms with E-state index in [1.165, 1.54) is 51.1 Å². The molecule has 1 unspecified atom stereocenters. The number of hydrogen-bond acceptors (Lipinski definition) is 3. The number of nitrogens with two attached hydrogens (primary N) is 1. The highest BCUT2D eigenvalue weighted by Crippen LogP contribution is 2.29. The molecular weight excluding hydrogens is 216 g/mol. The maximum absolute atomic E-state index is 5.74. The lowest BCUT2D eigenvalue weighted by Gasteiger charge is -2.35. The van der Waals surface area contributed by atoms with Crippen molar-refractivity contribution in [1.29, 1.82) is 0 Å². The van der Waals surface area contributed by atoms with Crippen molar-refractivity contribution in [2.24, 2.45) is 17.6 Å². The summed E-state index contributed by atoms with van der Waals surface area (Å²) >= 11 is 2.13. The zero-order valence-corrected chi connectivity index (χ0v) is 11.3. The maximum atomic E-state index is 5.74. The third-order valence-electron chi connectivity index (χ3n) is 4.14. The largest absolute Gasteiger partial charge is 0.330 e. The van der Waals surface area contributed by atoms with Crippen LogP contribution in [0.1, 0.15) is 32.6 Å². The second-order valence-corrected chi connectivity index (χ2v) is 7.11. The lowest BCUT2D eigenvalue weighted by molar-refractivity contribution is 0.187. The van der Waals surface area contributed by atoms with Crippen LogP contribution in [0.2, 0.25) is 0 Å². The topological polar surface area (TPSA) is 29.3 Å². The zero-order valence-electron chi connectivity index (χ0n) is 10.5. The smallest absolute Gasteiger partial charge is 0.0147 e. The highest BCUT2D eigenvalue weighted by molar-refractivity contribution is 7.99. The van der Waals surface area contributed by atoms with Gasteiger partial charge in [-0.25, -0.2) is 0 Å². The molecule has 2 N–H and O–H groups in total. The number of nitrogens with zero attached hydrogens (tertiary/aromatic N) is 1. The third-order valence-corrected chi connectivity index (χ3v) is 5.28. The van der Waals surface area contributed by atoms with Gasteiger partial charge >= 0.3 is 0 Å². The molecule has 94 valence electrons. The van der Waals surface area contributed by atoms with Gasteiger partial charge < -0.3 is 10.6 Å². The molecule has 2 aliphatic rings. The van der Waals surface area contributed by atoms with E-state index in [9.17, 15) is 0 Å². The van der Waals surface area contributed by atoms with Crippen molar-refractivity contribution >= 4 is 11.8 Å². The Labute approximate surface area is 104 Å². The van der Waals surface area contributed by atoms with Crippen LogP contribution < -0.4 is 5.73 Å². The SMILES string of the molecule is CC1CN(CC2CCC(CN)CC2)CCS1. The molecule has 1 aliphatic heterocycles. The molecule has 2 fully saturated rings. The Bertz CT molecular complexity index is 202. The van der Waals surface area contributed by atoms with Gasteiger partial charge in [0.05, 0.1) is 0 Å². The highest BCUT2D eigenvalue weighted by atomic mass is 32.2. The molecule has 16 heavy (non-hydrogen) atoms. The summed E-state index contributed by atoms with van der Waals surface area (Å²) in [5, 5.41) is 0.842. The Kier molecular flexibility index (Phi) is 4.98. The predicted molar refractivity (Wildman–Crippen MR) is 72.9 cm³/mol. The number of thioether (sulfide) groups is 1. The van der Waals surface area contributed by atoms with Crippen molar-refractivity contribution in [2.45, 2.75) is 37.9 Å². The molecule has 1 heterocycles. The minimum Gasteiger partial charge on any atom is -0.330 e. The minimum atomic E-state index is 0.826. The molecule has 0 spiro atoms. The van der Waals surface area contributed by atoms with Crippen LogP contribution in [-0.4, -0.2) is 42.1 Å². The molecule has 0 bridgehead atoms. The summed E-state index contributed by atoms with van der Waals surface area (Å²) in [5.74, 6) is 3.12. The van der Waals surface area contributed by atoms with Gasteiger partial charge in [0.2, 0.25) is 0 Å². The van der Waals surface area contributed by atoms with Gasteiger partial charge in [-0.3, -0.25) is 0 Å². The molecular formula is C13H26N2S. The summed E-state index contributed by atoms with van der Waals surface area (Å²) < 4.78 is 0. The lowest BCUT2D eigenvalue weighted by Crippen LogP contribution is -2.40. The van der Waals surface area contributed by atoms with Crippen LogP contribution in [0.4, 0.5) is 0 Å². The van der Waals surface area contributed by atoms with Crippen molar-refractivity contribution in [2.75, 3.05) is 31.9 Å². The van der Waals surface area contributed by atoms with Crippen molar-refractivity contribution in [3.05, 3.63) is 0 Å². The maximum Gasteiger partial charge on any atom is 0.0147 e. The molecule has 3 heteroatoms. The van der Waals surface area contributed by atoms with E-state index in [1.807, 2.05) is 0 Å². The van der Waals surface area contributed by atoms with Crippen molar-refractivity contribution < 1.29 is 0 Å². The second kappa shape index (κ2) is 6.27. The molecule has 1 atom stereocenters. The van der Waals surface area contributed by atoms with Gasteiger partial charge in [0, 0.05) is 30.6 Å². The van der Waals surface area contributed by atoms with Gasteiger partial charge in [0.25, 0.3) is 0 Å². The van der Waals surface area contributed by atoms with Gasteiger partial charge in [-0.05, 0) is 44.1 Å². The van der Waals surface area contributed by atoms with Crippen LogP contribution >= 0.6 is 11.8 Å². The van der Waals surface area contributed by atoms with Crippen LogP contribution in [0.3, 0.4) is 0 Å². The van der Waals surface area contributed by atoms with E-state index >= 15 is 0 Å². The van der Waals surface area contributed by atoms with Gasteiger partial charge in [0.1, 0.15) is 0 Å². The summed E-state index contributed by atoms with van der Waals surface area (Å²) in [7, 11) is 0. The quantitative estimate of drug-likeness (QED) is 0.822. The number of rotatable bonds is 3. The molecule has 0 aromatic carbocycles. The first-order valence-electron chi connectivity index (χ1n) is 6.82. The molecule has 0 aromatic heterocycles. The van der Waals surface area contributed by atoms with Crippen LogP contribution in [-0.2, 0) is 0 Å². The summed E-state index contributed by atoms with van der Waals surface area (Å²) in [6, 6.07) is 0. The van der Waals surface area contributed by atoms with E-state index in [2.05, 4.69) is 23.6 Å². The Morgan fingerprint density at radius 3 is 2.50 bits per heavy atom. The van der Waals surface area contributed by atoms with Crippen LogP contribution in [0.15, 0.2) is 0 Å². The highest BCUT2D eigenvalue weighted by Gasteiger charge is 2.24. The van der Waals surface area contributed by atoms with E-state index in [0.29, 0.717) is 0 Å². The summed E-state index contributed by atoms with van der Waals surface area (Å²) in [6.45, 7) is 7.24. The Balaban J connectivity index is 1.69. The molecule has 1 saturated carbocycles. The minimum absolute atomic E-state index is 0.826. The summed E-state index contributed by atoms with van der Waals surface area (Å²) in [5.41, 5.74) is 5.74. The van der Waals surface area contributed by atoms with Crippen LogP contribution in [0, 0.1) is 11.8 Å². The average Bonchev–Trinajstić information content (AvgIpc) is 2.30. The Morgan fingerprint density at radius 1 is 1.19 bits per heavy atom. The Morgan fingerprint density at radius 2 is 1.88 bits per heavy atom. The Hall–Kier alpha value is 0.270. The van der Waals surface area contributed by atoms with E-state index in [4.69, 9.17) is 5.73 Å². The van der Waals surface area contributed by atoms with Crippen molar-refractivity contribution in [1.82, 2.24) is 4.90 Å². The molecule has 2 nitrogen and oxygen atoms in total. The van der Waals surface area contributed by atoms with Crippen molar-refractivity contribution in [3.8, 4) is 0 Å². The van der Waals surface area contributed by atoms with Crippen molar-refractivity contribution in [3.63, 3.8) is 0 Å². The monoisotopic (exact) mass is 242 g/mol. The second-order valence-electron chi connectivity index (χ2n) is 5.56. The van der Waals surface area contributed by atoms with Gasteiger partial charge in [-0.15, -0.1) is 0 Å². The standard InChI is InChI=1S/C13H26N2S/c1-11-9-15(6-7-16-11)10-13-4-2-12(8-14)3-5-13/h11-13H,2-10,14H2,1H3. The van der Waals surface area contributed by atoms with E-state index in [-0.39, 0.29) is 0 Å². The molecule has 2 rings (SSSR count). The molecule has 1 aliphatic carbocycles. The van der Waals surface area contributed by atoms with Gasteiger partial charge in [0.15, 0.2) is 0 Å². The molecule has 1 saturated heterocycles. The normalized spacial score (nSPS) is 37.5. The van der Waals surface area contributed by atoms with Gasteiger partial charge in [-0.2, -0.15) is 11.8 Å². The van der Waals surface area contributed by atoms with Gasteiger partial charge in [-0.1, -0.05) is 6.92 Å². The summed E-state index contributed by atoms with van der Waals surface area (Å²) in [6.07, 6.45) is 5.58. The van der Waals surface area contributed by atoms with Crippen LogP contribution in [0.25, 0.3) is 0 Å². The first-order chi connectivity index (χ1) is 7.78. The predicted octanol–water partition coefficient (Wildman–Crippen LogP) is 2.19. The van der Waals surface area contributed by atoms with E-state index in [1.54, 1.807) is 0 Å². The fraction of sp³-hybridized carbons (Fsp3) is 1.00. The third kappa shape index (κ3) is 3.64.